The van der Waals surface area contributed by atoms with E-state index >= 15 is 0 Å². The smallest absolute Gasteiger partial charge is 0.416 e. The van der Waals surface area contributed by atoms with Crippen LogP contribution in [0.25, 0.3) is 0 Å². The van der Waals surface area contributed by atoms with Gasteiger partial charge in [-0.05, 0) is 61.7 Å². The van der Waals surface area contributed by atoms with Gasteiger partial charge in [-0.1, -0.05) is 6.92 Å². The Labute approximate surface area is 237 Å². The molecule has 0 saturated heterocycles. The number of alkyl halides is 6. The van der Waals surface area contributed by atoms with Crippen LogP contribution in [0.15, 0.2) is 42.6 Å². The van der Waals surface area contributed by atoms with Gasteiger partial charge in [0.1, 0.15) is 5.75 Å². The SMILES string of the molecule is CCOC(=O)N1c2ccc(OC)cc2[C@@H](Nc2ncc(O)c(Cc3cc(C(F)(F)F)cc(C(F)(F)F)c3)n2)C[C@H]1CC. The van der Waals surface area contributed by atoms with Gasteiger partial charge < -0.3 is 19.9 Å². The van der Waals surface area contributed by atoms with Gasteiger partial charge in [-0.2, -0.15) is 26.3 Å². The van der Waals surface area contributed by atoms with Crippen molar-refractivity contribution in [2.24, 2.45) is 0 Å². The van der Waals surface area contributed by atoms with Crippen molar-refractivity contribution in [2.75, 3.05) is 23.9 Å². The van der Waals surface area contributed by atoms with Gasteiger partial charge in [0.05, 0.1) is 48.5 Å². The lowest BCUT2D eigenvalue weighted by molar-refractivity contribution is -0.143. The maximum atomic E-state index is 13.3. The second-order valence-electron chi connectivity index (χ2n) is 9.60. The van der Waals surface area contributed by atoms with Crippen LogP contribution in [0, 0.1) is 0 Å². The van der Waals surface area contributed by atoms with E-state index in [9.17, 15) is 36.2 Å². The molecule has 2 aromatic carbocycles. The minimum atomic E-state index is -5.01. The molecule has 2 N–H and O–H groups in total. The standard InChI is InChI=1S/C28H28F6N4O4/c1-4-18-12-21(20-13-19(41-3)6-7-23(20)38(18)26(40)42-5-2)36-25-35-14-24(39)22(37-25)10-15-8-16(27(29,30)31)11-17(9-15)28(32,33)34/h6-9,11,13-14,18,21,39H,4-5,10,12H2,1-3H3,(H,35,36,37)/t18-,21+/m1/s1. The zero-order valence-electron chi connectivity index (χ0n) is 22.8. The second-order valence-corrected chi connectivity index (χ2v) is 9.60. The zero-order valence-corrected chi connectivity index (χ0v) is 22.8. The van der Waals surface area contributed by atoms with Gasteiger partial charge in [0.15, 0.2) is 5.75 Å². The number of carbonyl (C=O) groups is 1. The van der Waals surface area contributed by atoms with Crippen molar-refractivity contribution in [3.05, 3.63) is 70.5 Å². The number of hydrogen-bond donors (Lipinski definition) is 2. The number of hydrogen-bond acceptors (Lipinski definition) is 7. The summed E-state index contributed by atoms with van der Waals surface area (Å²) >= 11 is 0. The number of benzene rings is 2. The highest BCUT2D eigenvalue weighted by Gasteiger charge is 2.38. The monoisotopic (exact) mass is 598 g/mol. The first-order chi connectivity index (χ1) is 19.7. The highest BCUT2D eigenvalue weighted by molar-refractivity contribution is 5.90. The summed E-state index contributed by atoms with van der Waals surface area (Å²) in [5.74, 6) is -0.0159. The number of rotatable bonds is 7. The second kappa shape index (κ2) is 11.9. The molecule has 1 aliphatic heterocycles. The fourth-order valence-electron chi connectivity index (χ4n) is 4.87. The van der Waals surface area contributed by atoms with E-state index < -0.39 is 47.8 Å². The normalized spacial score (nSPS) is 17.0. The minimum Gasteiger partial charge on any atom is -0.504 e. The average molecular weight is 599 g/mol. The van der Waals surface area contributed by atoms with Crippen LogP contribution < -0.4 is 15.0 Å². The lowest BCUT2D eigenvalue weighted by atomic mass is 9.90. The predicted molar refractivity (Wildman–Crippen MR) is 141 cm³/mol. The van der Waals surface area contributed by atoms with E-state index in [4.69, 9.17) is 9.47 Å². The fourth-order valence-corrected chi connectivity index (χ4v) is 4.87. The molecular formula is C28H28F6N4O4. The highest BCUT2D eigenvalue weighted by Crippen LogP contribution is 2.42. The van der Waals surface area contributed by atoms with Gasteiger partial charge in [-0.15, -0.1) is 0 Å². The van der Waals surface area contributed by atoms with Crippen molar-refractivity contribution >= 4 is 17.7 Å². The van der Waals surface area contributed by atoms with Crippen molar-refractivity contribution in [1.29, 1.82) is 0 Å². The Kier molecular flexibility index (Phi) is 8.73. The van der Waals surface area contributed by atoms with Crippen LogP contribution in [0.4, 0.5) is 42.8 Å². The van der Waals surface area contributed by atoms with Crippen molar-refractivity contribution in [2.45, 2.75) is 57.5 Å². The molecule has 0 bridgehead atoms. The van der Waals surface area contributed by atoms with Crippen molar-refractivity contribution in [1.82, 2.24) is 9.97 Å². The number of aromatic hydroxyl groups is 1. The first kappa shape index (κ1) is 30.7. The van der Waals surface area contributed by atoms with E-state index in [0.717, 1.165) is 6.20 Å². The van der Waals surface area contributed by atoms with Crippen LogP contribution in [0.2, 0.25) is 0 Å². The number of methoxy groups -OCH3 is 1. The predicted octanol–water partition coefficient (Wildman–Crippen LogP) is 7.12. The van der Waals surface area contributed by atoms with E-state index in [1.54, 1.807) is 30.0 Å². The molecular weight excluding hydrogens is 570 g/mol. The molecule has 0 saturated carbocycles. The first-order valence-electron chi connectivity index (χ1n) is 13.0. The summed E-state index contributed by atoms with van der Waals surface area (Å²) in [6.45, 7) is 3.78. The van der Waals surface area contributed by atoms with Crippen LogP contribution >= 0.6 is 0 Å². The third kappa shape index (κ3) is 6.63. The van der Waals surface area contributed by atoms with Gasteiger partial charge in [0, 0.05) is 18.0 Å². The number of nitrogens with one attached hydrogen (secondary N) is 1. The molecule has 14 heteroatoms. The van der Waals surface area contributed by atoms with Gasteiger partial charge in [0.25, 0.3) is 0 Å². The first-order valence-corrected chi connectivity index (χ1v) is 13.0. The van der Waals surface area contributed by atoms with Crippen molar-refractivity contribution in [3.8, 4) is 11.5 Å². The molecule has 2 heterocycles. The molecule has 0 radical (unpaired) electrons. The van der Waals surface area contributed by atoms with Crippen LogP contribution in [0.1, 0.15) is 60.7 Å². The Bertz CT molecular complexity index is 1410. The number of aromatic nitrogens is 2. The van der Waals surface area contributed by atoms with E-state index in [1.165, 1.54) is 7.11 Å². The van der Waals surface area contributed by atoms with Crippen LogP contribution in [0.3, 0.4) is 0 Å². The Hall–Kier alpha value is -4.23. The Morgan fingerprint density at radius 2 is 1.74 bits per heavy atom. The molecule has 0 fully saturated rings. The van der Waals surface area contributed by atoms with Gasteiger partial charge in [-0.3, -0.25) is 4.90 Å². The summed E-state index contributed by atoms with van der Waals surface area (Å²) in [4.78, 5) is 22.7. The molecule has 3 aromatic rings. The van der Waals surface area contributed by atoms with Crippen LogP contribution in [-0.2, 0) is 23.5 Å². The topological polar surface area (TPSA) is 96.8 Å². The highest BCUT2D eigenvalue weighted by atomic mass is 19.4. The summed E-state index contributed by atoms with van der Waals surface area (Å²) in [6, 6.07) is 5.59. The molecule has 2 atom stereocenters. The van der Waals surface area contributed by atoms with E-state index in [1.807, 2.05) is 6.92 Å². The third-order valence-electron chi connectivity index (χ3n) is 6.85. The summed E-state index contributed by atoms with van der Waals surface area (Å²) in [5.41, 5.74) is -2.25. The molecule has 1 aromatic heterocycles. The van der Waals surface area contributed by atoms with Gasteiger partial charge in [-0.25, -0.2) is 14.8 Å². The molecule has 0 spiro atoms. The van der Waals surface area contributed by atoms with E-state index in [0.29, 0.717) is 42.0 Å². The Morgan fingerprint density at radius 3 is 2.31 bits per heavy atom. The average Bonchev–Trinajstić information content (AvgIpc) is 2.93. The Balaban J connectivity index is 1.69. The van der Waals surface area contributed by atoms with Crippen molar-refractivity contribution in [3.63, 3.8) is 0 Å². The molecule has 8 nitrogen and oxygen atoms in total. The molecule has 226 valence electrons. The third-order valence-corrected chi connectivity index (χ3v) is 6.85. The van der Waals surface area contributed by atoms with Crippen LogP contribution in [0.5, 0.6) is 11.5 Å². The largest absolute Gasteiger partial charge is 0.504 e. The number of fused-ring (bicyclic) bond motifs is 1. The quantitative estimate of drug-likeness (QED) is 0.280. The number of ether oxygens (including phenoxy) is 2. The summed E-state index contributed by atoms with van der Waals surface area (Å²) in [7, 11) is 1.48. The summed E-state index contributed by atoms with van der Waals surface area (Å²) in [6.07, 6.45) is -9.10. The number of amides is 1. The number of carbonyl (C=O) groups excluding carboxylic acids is 1. The maximum absolute atomic E-state index is 13.3. The van der Waals surface area contributed by atoms with E-state index in [2.05, 4.69) is 15.3 Å². The van der Waals surface area contributed by atoms with Gasteiger partial charge >= 0.3 is 18.4 Å². The number of halogens is 6. The molecule has 1 amide bonds. The van der Waals surface area contributed by atoms with Crippen molar-refractivity contribution < 1.29 is 45.7 Å². The number of nitrogens with zero attached hydrogens (tertiary/aromatic N) is 3. The van der Waals surface area contributed by atoms with E-state index in [-0.39, 0.29) is 35.9 Å². The number of anilines is 2. The summed E-state index contributed by atoms with van der Waals surface area (Å²) < 4.78 is 90.7. The Morgan fingerprint density at radius 1 is 1.07 bits per heavy atom. The van der Waals surface area contributed by atoms with Crippen LogP contribution in [-0.4, -0.2) is 40.9 Å². The van der Waals surface area contributed by atoms with Gasteiger partial charge in [0.2, 0.25) is 5.95 Å². The maximum Gasteiger partial charge on any atom is 0.416 e. The zero-order chi connectivity index (χ0) is 30.8. The summed E-state index contributed by atoms with van der Waals surface area (Å²) in [5, 5.41) is 13.5. The minimum absolute atomic E-state index is 0.0240. The molecule has 4 rings (SSSR count). The fraction of sp³-hybridized carbons (Fsp3) is 0.393. The molecule has 1 aliphatic rings. The lowest BCUT2D eigenvalue weighted by Crippen LogP contribution is -2.46. The molecule has 0 aliphatic carbocycles. The molecule has 0 unspecified atom stereocenters. The molecule has 42 heavy (non-hydrogen) atoms. The lowest BCUT2D eigenvalue weighted by Gasteiger charge is -2.40.